The molecule has 3 aromatic carbocycles. The summed E-state index contributed by atoms with van der Waals surface area (Å²) < 4.78 is 11.3. The molecule has 0 bridgehead atoms. The number of aryl methyl sites for hydroxylation is 1. The van der Waals surface area contributed by atoms with Gasteiger partial charge in [0.2, 0.25) is 0 Å². The summed E-state index contributed by atoms with van der Waals surface area (Å²) in [6.45, 7) is 5.47. The van der Waals surface area contributed by atoms with Gasteiger partial charge in [0, 0.05) is 6.42 Å². The summed E-state index contributed by atoms with van der Waals surface area (Å²) in [6, 6.07) is 20.3. The number of carbonyl (C=O) groups is 1. The van der Waals surface area contributed by atoms with Crippen molar-refractivity contribution in [2.75, 3.05) is 6.61 Å². The molecular formula is C25H25ClN2O4. The van der Waals surface area contributed by atoms with Gasteiger partial charge in [0.25, 0.3) is 0 Å². The summed E-state index contributed by atoms with van der Waals surface area (Å²) in [5, 5.41) is 18.0. The molecule has 7 heteroatoms. The number of benzene rings is 3. The smallest absolute Gasteiger partial charge is 0.347 e. The number of hydrogen-bond acceptors (Lipinski definition) is 5. The first-order valence-electron chi connectivity index (χ1n) is 10.1. The summed E-state index contributed by atoms with van der Waals surface area (Å²) in [6.07, 6.45) is 0.661. The van der Waals surface area contributed by atoms with E-state index in [1.54, 1.807) is 30.3 Å². The fourth-order valence-electron chi connectivity index (χ4n) is 2.74. The Labute approximate surface area is 192 Å². The number of carboxylic acids is 1. The van der Waals surface area contributed by atoms with E-state index in [0.29, 0.717) is 35.2 Å². The number of halogens is 1. The first kappa shape index (κ1) is 23.3. The molecule has 0 aromatic heterocycles. The lowest BCUT2D eigenvalue weighted by atomic mass is 10.1. The molecule has 0 amide bonds. The van der Waals surface area contributed by atoms with E-state index in [0.717, 1.165) is 11.3 Å². The molecule has 32 heavy (non-hydrogen) atoms. The number of aliphatic carboxylic acids is 1. The Balaban J connectivity index is 1.52. The van der Waals surface area contributed by atoms with Crippen molar-refractivity contribution < 1.29 is 19.4 Å². The van der Waals surface area contributed by atoms with Gasteiger partial charge in [0.15, 0.2) is 5.60 Å². The van der Waals surface area contributed by atoms with Crippen LogP contribution in [0, 0.1) is 6.92 Å². The third-order valence-electron chi connectivity index (χ3n) is 4.69. The number of nitrogens with zero attached hydrogens (tertiary/aromatic N) is 2. The zero-order chi connectivity index (χ0) is 23.1. The third-order valence-corrected chi connectivity index (χ3v) is 4.99. The summed E-state index contributed by atoms with van der Waals surface area (Å²) in [4.78, 5) is 11.2. The van der Waals surface area contributed by atoms with Crippen LogP contribution in [0.3, 0.4) is 0 Å². The first-order chi connectivity index (χ1) is 15.2. The Hall–Kier alpha value is -3.38. The van der Waals surface area contributed by atoms with Crippen molar-refractivity contribution >= 4 is 28.9 Å². The lowest BCUT2D eigenvalue weighted by Gasteiger charge is -2.21. The molecule has 0 unspecified atom stereocenters. The van der Waals surface area contributed by atoms with Crippen LogP contribution in [-0.2, 0) is 11.2 Å². The van der Waals surface area contributed by atoms with Gasteiger partial charge < -0.3 is 14.6 Å². The third kappa shape index (κ3) is 6.56. The first-order valence-corrected chi connectivity index (χ1v) is 10.5. The van der Waals surface area contributed by atoms with Crippen LogP contribution in [0.4, 0.5) is 11.4 Å². The van der Waals surface area contributed by atoms with Crippen LogP contribution in [0.2, 0.25) is 5.02 Å². The van der Waals surface area contributed by atoms with Gasteiger partial charge in [0.1, 0.15) is 11.5 Å². The molecule has 1 N–H and O–H groups in total. The van der Waals surface area contributed by atoms with Crippen LogP contribution < -0.4 is 9.47 Å². The molecule has 0 fully saturated rings. The van der Waals surface area contributed by atoms with Gasteiger partial charge in [-0.15, -0.1) is 0 Å². The Kier molecular flexibility index (Phi) is 7.49. The van der Waals surface area contributed by atoms with Crippen molar-refractivity contribution in [1.82, 2.24) is 0 Å². The highest BCUT2D eigenvalue weighted by Crippen LogP contribution is 2.30. The zero-order valence-electron chi connectivity index (χ0n) is 18.2. The SMILES string of the molecule is Cc1ccc(N=Nc2ccc(OCCc3ccc(OC(C)(C)C(=O)O)cc3)c(Cl)c2)cc1. The number of azo groups is 1. The van der Waals surface area contributed by atoms with Crippen LogP contribution >= 0.6 is 11.6 Å². The van der Waals surface area contributed by atoms with E-state index >= 15 is 0 Å². The van der Waals surface area contributed by atoms with Crippen LogP contribution in [0.1, 0.15) is 25.0 Å². The van der Waals surface area contributed by atoms with Crippen LogP contribution in [-0.4, -0.2) is 23.3 Å². The highest BCUT2D eigenvalue weighted by atomic mass is 35.5. The minimum absolute atomic E-state index is 0.435. The molecule has 0 aliphatic carbocycles. The summed E-state index contributed by atoms with van der Waals surface area (Å²) in [5.41, 5.74) is 2.33. The number of carboxylic acid groups (broad SMARTS) is 1. The number of ether oxygens (including phenoxy) is 2. The lowest BCUT2D eigenvalue weighted by Crippen LogP contribution is -2.37. The normalized spacial score (nSPS) is 11.5. The highest BCUT2D eigenvalue weighted by molar-refractivity contribution is 6.32. The van der Waals surface area contributed by atoms with Gasteiger partial charge in [-0.25, -0.2) is 4.79 Å². The van der Waals surface area contributed by atoms with Crippen molar-refractivity contribution in [3.05, 3.63) is 82.9 Å². The molecule has 0 saturated heterocycles. The Bertz CT molecular complexity index is 1090. The summed E-state index contributed by atoms with van der Waals surface area (Å²) >= 11 is 6.33. The maximum atomic E-state index is 11.2. The van der Waals surface area contributed by atoms with Crippen molar-refractivity contribution in [2.24, 2.45) is 10.2 Å². The molecule has 0 aliphatic rings. The Morgan fingerprint density at radius 2 is 1.59 bits per heavy atom. The van der Waals surface area contributed by atoms with Crippen molar-refractivity contribution in [2.45, 2.75) is 32.8 Å². The molecule has 0 radical (unpaired) electrons. The fraction of sp³-hybridized carbons (Fsp3) is 0.240. The summed E-state index contributed by atoms with van der Waals surface area (Å²) in [5.74, 6) is 0.0547. The van der Waals surface area contributed by atoms with Crippen molar-refractivity contribution in [3.63, 3.8) is 0 Å². The Morgan fingerprint density at radius 3 is 2.22 bits per heavy atom. The van der Waals surface area contributed by atoms with E-state index in [1.807, 2.05) is 43.3 Å². The van der Waals surface area contributed by atoms with E-state index in [2.05, 4.69) is 10.2 Å². The molecule has 6 nitrogen and oxygen atoms in total. The molecule has 0 atom stereocenters. The molecule has 0 aliphatic heterocycles. The second-order valence-electron chi connectivity index (χ2n) is 7.81. The Morgan fingerprint density at radius 1 is 0.969 bits per heavy atom. The zero-order valence-corrected chi connectivity index (χ0v) is 19.0. The van der Waals surface area contributed by atoms with Gasteiger partial charge in [-0.3, -0.25) is 0 Å². The molecule has 3 rings (SSSR count). The second-order valence-corrected chi connectivity index (χ2v) is 8.22. The predicted octanol–water partition coefficient (Wildman–Crippen LogP) is 6.93. The molecule has 0 spiro atoms. The second kappa shape index (κ2) is 10.3. The van der Waals surface area contributed by atoms with Crippen molar-refractivity contribution in [3.8, 4) is 11.5 Å². The average Bonchev–Trinajstić information content (AvgIpc) is 2.75. The molecule has 166 valence electrons. The lowest BCUT2D eigenvalue weighted by molar-refractivity contribution is -0.152. The van der Waals surface area contributed by atoms with E-state index < -0.39 is 11.6 Å². The average molecular weight is 453 g/mol. The molecular weight excluding hydrogens is 428 g/mol. The maximum Gasteiger partial charge on any atom is 0.347 e. The van der Waals surface area contributed by atoms with Gasteiger partial charge in [-0.1, -0.05) is 41.4 Å². The molecule has 0 saturated carbocycles. The quantitative estimate of drug-likeness (QED) is 0.357. The van der Waals surface area contributed by atoms with E-state index in [4.69, 9.17) is 26.2 Å². The monoisotopic (exact) mass is 452 g/mol. The number of rotatable bonds is 9. The topological polar surface area (TPSA) is 80.5 Å². The maximum absolute atomic E-state index is 11.2. The summed E-state index contributed by atoms with van der Waals surface area (Å²) in [7, 11) is 0. The van der Waals surface area contributed by atoms with Gasteiger partial charge in [-0.2, -0.15) is 10.2 Å². The molecule has 0 heterocycles. The van der Waals surface area contributed by atoms with E-state index in [-0.39, 0.29) is 0 Å². The van der Waals surface area contributed by atoms with Crippen molar-refractivity contribution in [1.29, 1.82) is 0 Å². The van der Waals surface area contributed by atoms with Crippen LogP contribution in [0.5, 0.6) is 11.5 Å². The number of hydrogen-bond donors (Lipinski definition) is 1. The molecule has 3 aromatic rings. The van der Waals surface area contributed by atoms with Crippen LogP contribution in [0.15, 0.2) is 77.0 Å². The predicted molar refractivity (Wildman–Crippen MR) is 125 cm³/mol. The largest absolute Gasteiger partial charge is 0.492 e. The van der Waals surface area contributed by atoms with Gasteiger partial charge in [0.05, 0.1) is 23.0 Å². The minimum Gasteiger partial charge on any atom is -0.492 e. The van der Waals surface area contributed by atoms with Gasteiger partial charge >= 0.3 is 5.97 Å². The van der Waals surface area contributed by atoms with Gasteiger partial charge in [-0.05, 0) is 68.8 Å². The van der Waals surface area contributed by atoms with Crippen LogP contribution in [0.25, 0.3) is 0 Å². The fourth-order valence-corrected chi connectivity index (χ4v) is 2.97. The standard InChI is InChI=1S/C25H25ClN2O4/c1-17-4-8-19(9-5-17)27-28-20-10-13-23(22(26)16-20)31-15-14-18-6-11-21(12-7-18)32-25(2,3)24(29)30/h4-13,16H,14-15H2,1-3H3,(H,29,30). The van der Waals surface area contributed by atoms with E-state index in [1.165, 1.54) is 19.4 Å². The van der Waals surface area contributed by atoms with E-state index in [9.17, 15) is 4.79 Å². The minimum atomic E-state index is -1.28. The highest BCUT2D eigenvalue weighted by Gasteiger charge is 2.29.